The number of hydrogen-bond acceptors (Lipinski definition) is 3. The fourth-order valence-electron chi connectivity index (χ4n) is 2.97. The lowest BCUT2D eigenvalue weighted by Crippen LogP contribution is -2.50. The minimum atomic E-state index is 0.346. The molecule has 2 aliphatic heterocycles. The second kappa shape index (κ2) is 6.53. The molecule has 1 amide bonds. The van der Waals surface area contributed by atoms with Crippen molar-refractivity contribution in [2.24, 2.45) is 5.92 Å². The predicted molar refractivity (Wildman–Crippen MR) is 73.5 cm³/mol. The Morgan fingerprint density at radius 2 is 2.00 bits per heavy atom. The largest absolute Gasteiger partial charge is 0.340 e. The van der Waals surface area contributed by atoms with E-state index in [4.69, 9.17) is 0 Å². The van der Waals surface area contributed by atoms with Crippen LogP contribution in [-0.4, -0.2) is 61.0 Å². The van der Waals surface area contributed by atoms with Crippen LogP contribution in [0.1, 0.15) is 33.1 Å². The monoisotopic (exact) mass is 253 g/mol. The topological polar surface area (TPSA) is 35.6 Å². The number of amides is 1. The van der Waals surface area contributed by atoms with Crippen LogP contribution in [-0.2, 0) is 4.79 Å². The molecule has 0 spiro atoms. The Balaban J connectivity index is 1.70. The Morgan fingerprint density at radius 3 is 2.56 bits per heavy atom. The first kappa shape index (κ1) is 13.8. The lowest BCUT2D eigenvalue weighted by atomic mass is 10.1. The molecule has 0 bridgehead atoms. The Morgan fingerprint density at radius 1 is 1.28 bits per heavy atom. The van der Waals surface area contributed by atoms with E-state index in [0.717, 1.165) is 45.2 Å². The molecule has 18 heavy (non-hydrogen) atoms. The van der Waals surface area contributed by atoms with Crippen LogP contribution in [0.4, 0.5) is 0 Å². The SMILES string of the molecule is CC(C)CN1CCN(C(=O)CC2CCCN2)CC1. The van der Waals surface area contributed by atoms with Gasteiger partial charge in [0.15, 0.2) is 0 Å². The molecule has 0 saturated carbocycles. The number of carbonyl (C=O) groups is 1. The third-order valence-electron chi connectivity index (χ3n) is 3.93. The first-order chi connectivity index (χ1) is 8.65. The number of nitrogens with zero attached hydrogens (tertiary/aromatic N) is 2. The summed E-state index contributed by atoms with van der Waals surface area (Å²) in [5.41, 5.74) is 0. The second-order valence-electron chi connectivity index (χ2n) is 6.07. The zero-order chi connectivity index (χ0) is 13.0. The quantitative estimate of drug-likeness (QED) is 0.809. The van der Waals surface area contributed by atoms with E-state index in [9.17, 15) is 4.79 Å². The van der Waals surface area contributed by atoms with Crippen molar-refractivity contribution < 1.29 is 4.79 Å². The van der Waals surface area contributed by atoms with Gasteiger partial charge in [-0.05, 0) is 25.3 Å². The van der Waals surface area contributed by atoms with Crippen molar-refractivity contribution in [1.29, 1.82) is 0 Å². The molecule has 2 aliphatic rings. The van der Waals surface area contributed by atoms with Gasteiger partial charge in [0.1, 0.15) is 0 Å². The molecule has 2 fully saturated rings. The van der Waals surface area contributed by atoms with Crippen molar-refractivity contribution in [3.05, 3.63) is 0 Å². The molecule has 1 unspecified atom stereocenters. The van der Waals surface area contributed by atoms with Crippen LogP contribution in [0.15, 0.2) is 0 Å². The van der Waals surface area contributed by atoms with Gasteiger partial charge in [0.05, 0.1) is 0 Å². The van der Waals surface area contributed by atoms with Crippen molar-refractivity contribution in [2.45, 2.75) is 39.2 Å². The van der Waals surface area contributed by atoms with Gasteiger partial charge in [-0.3, -0.25) is 9.69 Å². The minimum Gasteiger partial charge on any atom is -0.340 e. The second-order valence-corrected chi connectivity index (χ2v) is 6.07. The highest BCUT2D eigenvalue weighted by atomic mass is 16.2. The van der Waals surface area contributed by atoms with Crippen LogP contribution < -0.4 is 5.32 Å². The van der Waals surface area contributed by atoms with E-state index >= 15 is 0 Å². The zero-order valence-corrected chi connectivity index (χ0v) is 11.8. The average Bonchev–Trinajstić information content (AvgIpc) is 2.82. The molecule has 0 aromatic rings. The molecule has 4 heteroatoms. The van der Waals surface area contributed by atoms with Crippen LogP contribution in [0.2, 0.25) is 0 Å². The minimum absolute atomic E-state index is 0.346. The summed E-state index contributed by atoms with van der Waals surface area (Å²) in [5.74, 6) is 1.06. The fourth-order valence-corrected chi connectivity index (χ4v) is 2.97. The molecular weight excluding hydrogens is 226 g/mol. The molecule has 0 aromatic carbocycles. The Labute approximate surface area is 111 Å². The highest BCUT2D eigenvalue weighted by molar-refractivity contribution is 5.77. The van der Waals surface area contributed by atoms with Crippen molar-refractivity contribution in [1.82, 2.24) is 15.1 Å². The van der Waals surface area contributed by atoms with Crippen LogP contribution in [0.3, 0.4) is 0 Å². The van der Waals surface area contributed by atoms with Crippen LogP contribution in [0, 0.1) is 5.92 Å². The van der Waals surface area contributed by atoms with Crippen molar-refractivity contribution in [2.75, 3.05) is 39.3 Å². The summed E-state index contributed by atoms with van der Waals surface area (Å²) in [6.07, 6.45) is 3.09. The molecule has 0 aromatic heterocycles. The molecule has 2 saturated heterocycles. The summed E-state index contributed by atoms with van der Waals surface area (Å²) in [4.78, 5) is 16.7. The number of nitrogens with one attached hydrogen (secondary N) is 1. The maximum absolute atomic E-state index is 12.2. The van der Waals surface area contributed by atoms with Gasteiger partial charge in [-0.1, -0.05) is 13.8 Å². The first-order valence-corrected chi connectivity index (χ1v) is 7.38. The van der Waals surface area contributed by atoms with Crippen LogP contribution >= 0.6 is 0 Å². The predicted octanol–water partition coefficient (Wildman–Crippen LogP) is 0.929. The summed E-state index contributed by atoms with van der Waals surface area (Å²) in [6.45, 7) is 10.7. The smallest absolute Gasteiger partial charge is 0.224 e. The molecule has 4 nitrogen and oxygen atoms in total. The van der Waals surface area contributed by atoms with E-state index in [1.807, 2.05) is 0 Å². The Kier molecular flexibility index (Phi) is 5.01. The molecule has 1 N–H and O–H groups in total. The number of hydrogen-bond donors (Lipinski definition) is 1. The van der Waals surface area contributed by atoms with Gasteiger partial charge in [0.25, 0.3) is 0 Å². The average molecular weight is 253 g/mol. The molecule has 2 rings (SSSR count). The van der Waals surface area contributed by atoms with Crippen molar-refractivity contribution >= 4 is 5.91 Å². The van der Waals surface area contributed by atoms with Gasteiger partial charge in [-0.2, -0.15) is 0 Å². The summed E-state index contributed by atoms with van der Waals surface area (Å²) < 4.78 is 0. The standard InChI is InChI=1S/C14H27N3O/c1-12(2)11-16-6-8-17(9-7-16)14(18)10-13-4-3-5-15-13/h12-13,15H,3-11H2,1-2H3. The van der Waals surface area contributed by atoms with E-state index in [2.05, 4.69) is 29.0 Å². The third-order valence-corrected chi connectivity index (χ3v) is 3.93. The number of carbonyl (C=O) groups excluding carboxylic acids is 1. The molecule has 0 aliphatic carbocycles. The lowest BCUT2D eigenvalue weighted by molar-refractivity contribution is -0.133. The highest BCUT2D eigenvalue weighted by Crippen LogP contribution is 2.12. The van der Waals surface area contributed by atoms with Gasteiger partial charge in [0.2, 0.25) is 5.91 Å². The number of piperazine rings is 1. The Hall–Kier alpha value is -0.610. The van der Waals surface area contributed by atoms with Crippen molar-refractivity contribution in [3.63, 3.8) is 0 Å². The Bertz CT molecular complexity index is 266. The zero-order valence-electron chi connectivity index (χ0n) is 11.8. The third kappa shape index (κ3) is 3.95. The van der Waals surface area contributed by atoms with Crippen LogP contribution in [0.25, 0.3) is 0 Å². The maximum Gasteiger partial charge on any atom is 0.224 e. The summed E-state index contributed by atoms with van der Waals surface area (Å²) >= 11 is 0. The van der Waals surface area contributed by atoms with E-state index in [-0.39, 0.29) is 0 Å². The highest BCUT2D eigenvalue weighted by Gasteiger charge is 2.24. The van der Waals surface area contributed by atoms with E-state index in [1.54, 1.807) is 0 Å². The van der Waals surface area contributed by atoms with Gasteiger partial charge in [0, 0.05) is 45.2 Å². The summed E-state index contributed by atoms with van der Waals surface area (Å²) in [5, 5.41) is 3.40. The maximum atomic E-state index is 12.2. The molecule has 1 atom stereocenters. The fraction of sp³-hybridized carbons (Fsp3) is 0.929. The van der Waals surface area contributed by atoms with Crippen LogP contribution in [0.5, 0.6) is 0 Å². The van der Waals surface area contributed by atoms with Crippen molar-refractivity contribution in [3.8, 4) is 0 Å². The van der Waals surface area contributed by atoms with E-state index in [1.165, 1.54) is 12.8 Å². The summed E-state index contributed by atoms with van der Waals surface area (Å²) in [6, 6.07) is 0.436. The van der Waals surface area contributed by atoms with Gasteiger partial charge in [-0.25, -0.2) is 0 Å². The van der Waals surface area contributed by atoms with Gasteiger partial charge in [-0.15, -0.1) is 0 Å². The van der Waals surface area contributed by atoms with Gasteiger partial charge >= 0.3 is 0 Å². The molecule has 0 radical (unpaired) electrons. The lowest BCUT2D eigenvalue weighted by Gasteiger charge is -2.36. The normalized spacial score (nSPS) is 25.9. The van der Waals surface area contributed by atoms with Gasteiger partial charge < -0.3 is 10.2 Å². The molecule has 104 valence electrons. The molecular formula is C14H27N3O. The summed E-state index contributed by atoms with van der Waals surface area (Å²) in [7, 11) is 0. The first-order valence-electron chi connectivity index (χ1n) is 7.38. The number of rotatable bonds is 4. The van der Waals surface area contributed by atoms with E-state index in [0.29, 0.717) is 18.4 Å². The molecule has 2 heterocycles. The van der Waals surface area contributed by atoms with E-state index < -0.39 is 0 Å².